The van der Waals surface area contributed by atoms with Gasteiger partial charge in [0.1, 0.15) is 5.75 Å². The lowest BCUT2D eigenvalue weighted by molar-refractivity contribution is 0.136. The summed E-state index contributed by atoms with van der Waals surface area (Å²) in [6, 6.07) is 24.6. The van der Waals surface area contributed by atoms with E-state index in [0.29, 0.717) is 37.0 Å². The minimum absolute atomic E-state index is 0.197. The number of anilines is 2. The summed E-state index contributed by atoms with van der Waals surface area (Å²) in [6.45, 7) is 3.46. The van der Waals surface area contributed by atoms with Crippen molar-refractivity contribution in [3.05, 3.63) is 90.0 Å². The number of aliphatic imine (C=N–C) groups is 1. The van der Waals surface area contributed by atoms with Gasteiger partial charge in [0.25, 0.3) is 0 Å². The molecular weight excluding hydrogens is 440 g/mol. The van der Waals surface area contributed by atoms with Gasteiger partial charge in [0, 0.05) is 37.1 Å². The molecule has 2 amide bonds. The first-order chi connectivity index (χ1) is 17.1. The molecule has 1 heterocycles. The van der Waals surface area contributed by atoms with Gasteiger partial charge in [-0.2, -0.15) is 5.26 Å². The van der Waals surface area contributed by atoms with Crippen LogP contribution >= 0.6 is 0 Å². The number of nitriles is 1. The average molecular weight is 469 g/mol. The van der Waals surface area contributed by atoms with Gasteiger partial charge >= 0.3 is 6.03 Å². The van der Waals surface area contributed by atoms with Crippen molar-refractivity contribution >= 4 is 23.4 Å². The van der Waals surface area contributed by atoms with Crippen LogP contribution in [0.2, 0.25) is 0 Å². The molecule has 35 heavy (non-hydrogen) atoms. The number of guanidine groups is 1. The number of hydrogen-bond donors (Lipinski definition) is 2. The molecule has 0 aliphatic carbocycles. The second-order valence-corrected chi connectivity index (χ2v) is 8.20. The summed E-state index contributed by atoms with van der Waals surface area (Å²) in [6.07, 6.45) is 1.92. The maximum atomic E-state index is 13.3. The molecule has 178 valence electrons. The van der Waals surface area contributed by atoms with Crippen LogP contribution in [0.3, 0.4) is 0 Å². The molecule has 8 nitrogen and oxygen atoms in total. The van der Waals surface area contributed by atoms with E-state index in [1.54, 1.807) is 13.2 Å². The van der Waals surface area contributed by atoms with E-state index in [-0.39, 0.29) is 12.1 Å². The van der Waals surface area contributed by atoms with Crippen LogP contribution in [0.15, 0.2) is 83.9 Å². The Bertz CT molecular complexity index is 1240. The molecule has 0 aromatic heterocycles. The van der Waals surface area contributed by atoms with Gasteiger partial charge in [-0.25, -0.2) is 4.79 Å². The number of hydrogen-bond acceptors (Lipinski definition) is 4. The molecule has 1 saturated heterocycles. The van der Waals surface area contributed by atoms with Crippen LogP contribution in [0.4, 0.5) is 16.2 Å². The Kier molecular flexibility index (Phi) is 7.48. The lowest BCUT2D eigenvalue weighted by Crippen LogP contribution is -2.54. The average Bonchev–Trinajstić information content (AvgIpc) is 2.90. The molecule has 1 atom stereocenters. The molecule has 0 saturated carbocycles. The first kappa shape index (κ1) is 23.6. The third kappa shape index (κ3) is 5.71. The van der Waals surface area contributed by atoms with Gasteiger partial charge < -0.3 is 25.2 Å². The van der Waals surface area contributed by atoms with Crippen LogP contribution in [0.25, 0.3) is 0 Å². The smallest absolute Gasteiger partial charge is 0.322 e. The van der Waals surface area contributed by atoms with Crippen molar-refractivity contribution < 1.29 is 9.53 Å². The highest BCUT2D eigenvalue weighted by atomic mass is 16.5. The molecule has 3 aromatic carbocycles. The molecule has 0 radical (unpaired) electrons. The summed E-state index contributed by atoms with van der Waals surface area (Å²) in [7, 11) is 1.59. The number of ether oxygens (including phenoxy) is 1. The summed E-state index contributed by atoms with van der Waals surface area (Å²) in [4.78, 5) is 21.3. The molecule has 3 aromatic rings. The number of amides is 2. The van der Waals surface area contributed by atoms with Crippen LogP contribution in [0.1, 0.15) is 17.2 Å². The zero-order valence-electron chi connectivity index (χ0n) is 19.8. The normalized spacial score (nSPS) is 15.8. The fourth-order valence-electron chi connectivity index (χ4n) is 4.13. The second kappa shape index (κ2) is 11.1. The number of benzene rings is 3. The molecule has 1 unspecified atom stereocenters. The fourth-order valence-corrected chi connectivity index (χ4v) is 4.13. The quantitative estimate of drug-likeness (QED) is 0.325. The van der Waals surface area contributed by atoms with Gasteiger partial charge in [0.15, 0.2) is 0 Å². The lowest BCUT2D eigenvalue weighted by Gasteiger charge is -2.42. The zero-order chi connectivity index (χ0) is 24.6. The highest BCUT2D eigenvalue weighted by Gasteiger charge is 2.33. The molecule has 1 fully saturated rings. The molecule has 1 aliphatic heterocycles. The number of urea groups is 1. The van der Waals surface area contributed by atoms with Crippen LogP contribution in [0, 0.1) is 18.4 Å². The van der Waals surface area contributed by atoms with E-state index in [2.05, 4.69) is 15.6 Å². The number of carbonyl (C=O) groups excluding carboxylic acids is 1. The van der Waals surface area contributed by atoms with Crippen LogP contribution in [-0.2, 0) is 0 Å². The van der Waals surface area contributed by atoms with Gasteiger partial charge in [-0.3, -0.25) is 0 Å². The maximum absolute atomic E-state index is 13.3. The summed E-state index contributed by atoms with van der Waals surface area (Å²) < 4.78 is 5.27. The fraction of sp³-hybridized carbons (Fsp3) is 0.222. The molecule has 4 rings (SSSR count). The van der Waals surface area contributed by atoms with E-state index in [9.17, 15) is 10.1 Å². The summed E-state index contributed by atoms with van der Waals surface area (Å²) >= 11 is 0. The number of rotatable bonds is 4. The van der Waals surface area contributed by atoms with Crippen molar-refractivity contribution in [1.29, 1.82) is 5.26 Å². The summed E-state index contributed by atoms with van der Waals surface area (Å²) in [5.41, 5.74) is 3.60. The van der Waals surface area contributed by atoms with E-state index in [1.807, 2.05) is 95.7 Å². The Balaban J connectivity index is 1.58. The Morgan fingerprint density at radius 2 is 1.80 bits per heavy atom. The molecule has 1 aliphatic rings. The second-order valence-electron chi connectivity index (χ2n) is 8.20. The van der Waals surface area contributed by atoms with Gasteiger partial charge in [0.2, 0.25) is 12.2 Å². The van der Waals surface area contributed by atoms with E-state index >= 15 is 0 Å². The Morgan fingerprint density at radius 1 is 1.03 bits per heavy atom. The van der Waals surface area contributed by atoms with Crippen LogP contribution in [0.5, 0.6) is 5.75 Å². The predicted molar refractivity (Wildman–Crippen MR) is 137 cm³/mol. The van der Waals surface area contributed by atoms with Crippen LogP contribution in [-0.4, -0.2) is 48.5 Å². The first-order valence-electron chi connectivity index (χ1n) is 11.4. The third-order valence-electron chi connectivity index (χ3n) is 5.99. The predicted octanol–water partition coefficient (Wildman–Crippen LogP) is 4.84. The Labute approximate surface area is 205 Å². The van der Waals surface area contributed by atoms with E-state index in [1.165, 1.54) is 0 Å². The topological polar surface area (TPSA) is 93.0 Å². The van der Waals surface area contributed by atoms with Crippen molar-refractivity contribution in [2.24, 2.45) is 4.99 Å². The largest absolute Gasteiger partial charge is 0.497 e. The number of nitrogens with one attached hydrogen (secondary N) is 2. The van der Waals surface area contributed by atoms with Gasteiger partial charge in [0.05, 0.1) is 13.2 Å². The molecular formula is C27H28N6O2. The SMILES string of the molecule is COc1cccc(NC(=O)N2CCN(/C(=N\C#N)Nc3ccccc3C)CC2c2ccccc2)c1. The highest BCUT2D eigenvalue weighted by molar-refractivity contribution is 5.95. The van der Waals surface area contributed by atoms with Crippen molar-refractivity contribution in [2.45, 2.75) is 13.0 Å². The Morgan fingerprint density at radius 3 is 2.54 bits per heavy atom. The minimum Gasteiger partial charge on any atom is -0.497 e. The molecule has 2 N–H and O–H groups in total. The van der Waals surface area contributed by atoms with E-state index < -0.39 is 0 Å². The first-order valence-corrected chi connectivity index (χ1v) is 11.4. The molecule has 8 heteroatoms. The maximum Gasteiger partial charge on any atom is 0.322 e. The summed E-state index contributed by atoms with van der Waals surface area (Å²) in [5.74, 6) is 1.14. The Hall–Kier alpha value is -4.51. The summed E-state index contributed by atoms with van der Waals surface area (Å²) in [5, 5.41) is 15.7. The van der Waals surface area contributed by atoms with E-state index in [4.69, 9.17) is 4.74 Å². The molecule has 0 spiro atoms. The number of nitrogens with zero attached hydrogens (tertiary/aromatic N) is 4. The lowest BCUT2D eigenvalue weighted by atomic mass is 10.0. The third-order valence-corrected chi connectivity index (χ3v) is 5.99. The van der Waals surface area contributed by atoms with Crippen LogP contribution < -0.4 is 15.4 Å². The number of carbonyl (C=O) groups is 1. The number of aryl methyl sites for hydroxylation is 1. The standard InChI is InChI=1S/C27H28N6O2/c1-20-9-6-7-14-24(20)31-26(29-19-28)32-15-16-33(25(18-32)21-10-4-3-5-11-21)27(34)30-22-12-8-13-23(17-22)35-2/h3-14,17,25H,15-16,18H2,1-2H3,(H,29,31)(H,30,34). The van der Waals surface area contributed by atoms with Crippen molar-refractivity contribution in [3.8, 4) is 11.9 Å². The van der Waals surface area contributed by atoms with Crippen molar-refractivity contribution in [3.63, 3.8) is 0 Å². The zero-order valence-corrected chi connectivity index (χ0v) is 19.8. The molecule has 0 bridgehead atoms. The minimum atomic E-state index is -0.238. The number of piperazine rings is 1. The monoisotopic (exact) mass is 468 g/mol. The van der Waals surface area contributed by atoms with Crippen molar-refractivity contribution in [1.82, 2.24) is 9.80 Å². The number of para-hydroxylation sites is 1. The van der Waals surface area contributed by atoms with Gasteiger partial charge in [-0.1, -0.05) is 54.6 Å². The number of methoxy groups -OCH3 is 1. The van der Waals surface area contributed by atoms with E-state index in [0.717, 1.165) is 16.8 Å². The van der Waals surface area contributed by atoms with Gasteiger partial charge in [-0.15, -0.1) is 4.99 Å². The van der Waals surface area contributed by atoms with Crippen molar-refractivity contribution in [2.75, 3.05) is 37.4 Å². The highest BCUT2D eigenvalue weighted by Crippen LogP contribution is 2.28. The van der Waals surface area contributed by atoms with Gasteiger partial charge in [-0.05, 0) is 36.2 Å².